The topological polar surface area (TPSA) is 107 Å². The van der Waals surface area contributed by atoms with Crippen molar-refractivity contribution in [2.75, 3.05) is 0 Å². The van der Waals surface area contributed by atoms with Gasteiger partial charge in [-0.25, -0.2) is 9.59 Å². The summed E-state index contributed by atoms with van der Waals surface area (Å²) in [6.45, 7) is 1.99. The largest absolute Gasteiger partial charge is 0.480 e. The number of aromatic nitrogens is 2. The molecule has 0 aromatic carbocycles. The molecule has 16 heavy (non-hydrogen) atoms. The highest BCUT2D eigenvalue weighted by atomic mass is 16.4. The number of H-pyrrole nitrogens is 1. The average molecular weight is 226 g/mol. The number of carboxylic acids is 1. The van der Waals surface area contributed by atoms with E-state index in [4.69, 9.17) is 5.11 Å². The number of carbonyl (C=O) groups is 2. The van der Waals surface area contributed by atoms with Crippen LogP contribution in [0.1, 0.15) is 18.9 Å². The van der Waals surface area contributed by atoms with Crippen LogP contribution in [0.2, 0.25) is 0 Å². The lowest BCUT2D eigenvalue weighted by Gasteiger charge is -2.12. The van der Waals surface area contributed by atoms with Crippen molar-refractivity contribution in [1.29, 1.82) is 0 Å². The number of rotatable bonds is 5. The Bertz CT molecular complexity index is 350. The van der Waals surface area contributed by atoms with E-state index in [2.05, 4.69) is 20.8 Å². The molecular weight excluding hydrogens is 212 g/mol. The summed E-state index contributed by atoms with van der Waals surface area (Å²) in [5.74, 6) is -1.04. The Labute approximate surface area is 92.2 Å². The molecule has 0 aliphatic carbocycles. The fourth-order valence-electron chi connectivity index (χ4n) is 1.10. The van der Waals surface area contributed by atoms with Crippen LogP contribution in [0, 0.1) is 0 Å². The van der Waals surface area contributed by atoms with Gasteiger partial charge in [-0.3, -0.25) is 5.10 Å². The standard InChI is InChI=1S/C9H14N4O3/c1-2-7(8(14)15)13-9(16)10-3-6-4-11-12-5-6/h4-5,7H,2-3H2,1H3,(H,11,12)(H,14,15)(H2,10,13,16)/t7-/m1/s1. The van der Waals surface area contributed by atoms with Crippen LogP contribution in [-0.4, -0.2) is 33.3 Å². The summed E-state index contributed by atoms with van der Waals surface area (Å²) in [6, 6.07) is -1.36. The molecule has 0 unspecified atom stereocenters. The van der Waals surface area contributed by atoms with E-state index in [-0.39, 0.29) is 0 Å². The lowest BCUT2D eigenvalue weighted by Crippen LogP contribution is -2.45. The highest BCUT2D eigenvalue weighted by Gasteiger charge is 2.16. The first-order chi connectivity index (χ1) is 7.63. The summed E-state index contributed by atoms with van der Waals surface area (Å²) < 4.78 is 0. The number of nitrogens with zero attached hydrogens (tertiary/aromatic N) is 1. The van der Waals surface area contributed by atoms with Gasteiger partial charge in [0.05, 0.1) is 6.20 Å². The molecule has 0 bridgehead atoms. The van der Waals surface area contributed by atoms with Gasteiger partial charge < -0.3 is 15.7 Å². The van der Waals surface area contributed by atoms with Gasteiger partial charge in [0.2, 0.25) is 0 Å². The summed E-state index contributed by atoms with van der Waals surface area (Å²) in [5, 5.41) is 19.9. The van der Waals surface area contributed by atoms with Gasteiger partial charge in [0.25, 0.3) is 0 Å². The van der Waals surface area contributed by atoms with Crippen molar-refractivity contribution in [1.82, 2.24) is 20.8 Å². The number of aromatic amines is 1. The van der Waals surface area contributed by atoms with Crippen molar-refractivity contribution in [3.05, 3.63) is 18.0 Å². The van der Waals surface area contributed by atoms with Crippen molar-refractivity contribution < 1.29 is 14.7 Å². The molecule has 0 saturated heterocycles. The zero-order chi connectivity index (χ0) is 12.0. The molecule has 7 heteroatoms. The Morgan fingerprint density at radius 2 is 2.38 bits per heavy atom. The zero-order valence-electron chi connectivity index (χ0n) is 8.86. The molecule has 0 aliphatic rings. The van der Waals surface area contributed by atoms with Crippen molar-refractivity contribution in [3.63, 3.8) is 0 Å². The van der Waals surface area contributed by atoms with Gasteiger partial charge in [0, 0.05) is 18.3 Å². The van der Waals surface area contributed by atoms with E-state index in [1.165, 1.54) is 0 Å². The van der Waals surface area contributed by atoms with Crippen LogP contribution in [0.5, 0.6) is 0 Å². The summed E-state index contributed by atoms with van der Waals surface area (Å²) in [6.07, 6.45) is 3.57. The van der Waals surface area contributed by atoms with Gasteiger partial charge in [-0.2, -0.15) is 5.10 Å². The van der Waals surface area contributed by atoms with E-state index in [0.717, 1.165) is 5.56 Å². The Kier molecular flexibility index (Phi) is 4.31. The first-order valence-corrected chi connectivity index (χ1v) is 4.88. The lowest BCUT2D eigenvalue weighted by molar-refractivity contribution is -0.139. The molecule has 0 spiro atoms. The Balaban J connectivity index is 2.33. The predicted molar refractivity (Wildman–Crippen MR) is 55.7 cm³/mol. The SMILES string of the molecule is CC[C@@H](NC(=O)NCc1cn[nH]c1)C(=O)O. The maximum atomic E-state index is 11.3. The third-order valence-corrected chi connectivity index (χ3v) is 2.02. The molecule has 1 rings (SSSR count). The predicted octanol–water partition coefficient (Wildman–Crippen LogP) is 0.0721. The molecule has 88 valence electrons. The number of hydrogen-bond donors (Lipinski definition) is 4. The van der Waals surface area contributed by atoms with E-state index < -0.39 is 18.0 Å². The molecule has 0 aliphatic heterocycles. The summed E-state index contributed by atoms with van der Waals surface area (Å²) in [7, 11) is 0. The summed E-state index contributed by atoms with van der Waals surface area (Å²) >= 11 is 0. The molecule has 2 amide bonds. The number of amides is 2. The van der Waals surface area contributed by atoms with Crippen LogP contribution in [0.4, 0.5) is 4.79 Å². The molecule has 1 atom stereocenters. The minimum absolute atomic E-state index is 0.304. The molecule has 1 aromatic heterocycles. The van der Waals surface area contributed by atoms with Crippen LogP contribution in [-0.2, 0) is 11.3 Å². The van der Waals surface area contributed by atoms with E-state index >= 15 is 0 Å². The van der Waals surface area contributed by atoms with E-state index in [1.807, 2.05) is 0 Å². The Morgan fingerprint density at radius 1 is 1.62 bits per heavy atom. The first kappa shape index (κ1) is 12.0. The minimum Gasteiger partial charge on any atom is -0.480 e. The fraction of sp³-hybridized carbons (Fsp3) is 0.444. The van der Waals surface area contributed by atoms with E-state index in [0.29, 0.717) is 13.0 Å². The smallest absolute Gasteiger partial charge is 0.326 e. The van der Waals surface area contributed by atoms with Gasteiger partial charge in [-0.15, -0.1) is 0 Å². The Hall–Kier alpha value is -2.05. The number of carbonyl (C=O) groups excluding carboxylic acids is 1. The number of aliphatic carboxylic acids is 1. The van der Waals surface area contributed by atoms with Crippen molar-refractivity contribution >= 4 is 12.0 Å². The van der Waals surface area contributed by atoms with Gasteiger partial charge in [-0.1, -0.05) is 6.92 Å². The molecule has 4 N–H and O–H groups in total. The molecule has 1 heterocycles. The molecule has 0 saturated carbocycles. The second kappa shape index (κ2) is 5.74. The van der Waals surface area contributed by atoms with Crippen LogP contribution >= 0.6 is 0 Å². The van der Waals surface area contributed by atoms with Crippen LogP contribution in [0.25, 0.3) is 0 Å². The van der Waals surface area contributed by atoms with Gasteiger partial charge in [-0.05, 0) is 6.42 Å². The number of carboxylic acid groups (broad SMARTS) is 1. The lowest BCUT2D eigenvalue weighted by atomic mass is 10.2. The highest BCUT2D eigenvalue weighted by molar-refractivity contribution is 5.82. The van der Waals surface area contributed by atoms with Gasteiger partial charge in [0.15, 0.2) is 0 Å². The van der Waals surface area contributed by atoms with Crippen LogP contribution < -0.4 is 10.6 Å². The molecule has 7 nitrogen and oxygen atoms in total. The normalized spacial score (nSPS) is 11.8. The zero-order valence-corrected chi connectivity index (χ0v) is 8.86. The Morgan fingerprint density at radius 3 is 2.88 bits per heavy atom. The second-order valence-electron chi connectivity index (χ2n) is 3.23. The van der Waals surface area contributed by atoms with Crippen molar-refractivity contribution in [2.45, 2.75) is 25.9 Å². The fourth-order valence-corrected chi connectivity index (χ4v) is 1.10. The third-order valence-electron chi connectivity index (χ3n) is 2.02. The molecule has 0 fully saturated rings. The summed E-state index contributed by atoms with van der Waals surface area (Å²) in [5.41, 5.74) is 0.818. The van der Waals surface area contributed by atoms with Gasteiger partial charge >= 0.3 is 12.0 Å². The van der Waals surface area contributed by atoms with E-state index in [9.17, 15) is 9.59 Å². The molecule has 0 radical (unpaired) electrons. The number of hydrogen-bond acceptors (Lipinski definition) is 3. The first-order valence-electron chi connectivity index (χ1n) is 4.88. The number of nitrogens with one attached hydrogen (secondary N) is 3. The molecule has 1 aromatic rings. The maximum absolute atomic E-state index is 11.3. The van der Waals surface area contributed by atoms with E-state index in [1.54, 1.807) is 19.3 Å². The third kappa shape index (κ3) is 3.60. The highest BCUT2D eigenvalue weighted by Crippen LogP contribution is 1.93. The van der Waals surface area contributed by atoms with Crippen molar-refractivity contribution in [2.24, 2.45) is 0 Å². The number of urea groups is 1. The average Bonchev–Trinajstić information content (AvgIpc) is 2.75. The molecular formula is C9H14N4O3. The second-order valence-corrected chi connectivity index (χ2v) is 3.23. The van der Waals surface area contributed by atoms with Crippen LogP contribution in [0.3, 0.4) is 0 Å². The van der Waals surface area contributed by atoms with Crippen molar-refractivity contribution in [3.8, 4) is 0 Å². The maximum Gasteiger partial charge on any atom is 0.326 e. The van der Waals surface area contributed by atoms with Gasteiger partial charge in [0.1, 0.15) is 6.04 Å². The minimum atomic E-state index is -1.04. The summed E-state index contributed by atoms with van der Waals surface area (Å²) in [4.78, 5) is 21.9. The van der Waals surface area contributed by atoms with Crippen LogP contribution in [0.15, 0.2) is 12.4 Å². The monoisotopic (exact) mass is 226 g/mol. The quantitative estimate of drug-likeness (QED) is 0.570.